The number of ether oxygens (including phenoxy) is 1. The normalized spacial score (nSPS) is 12.0. The van der Waals surface area contributed by atoms with Crippen molar-refractivity contribution in [2.75, 3.05) is 12.4 Å². The summed E-state index contributed by atoms with van der Waals surface area (Å²) in [6, 6.07) is 21.0. The van der Waals surface area contributed by atoms with Gasteiger partial charge in [0.15, 0.2) is 5.43 Å². The van der Waals surface area contributed by atoms with Crippen LogP contribution in [0, 0.1) is 5.82 Å². The lowest BCUT2D eigenvalue weighted by Gasteiger charge is -2.20. The van der Waals surface area contributed by atoms with Gasteiger partial charge in [-0.15, -0.1) is 0 Å². The van der Waals surface area contributed by atoms with Crippen LogP contribution in [-0.4, -0.2) is 31.6 Å². The molecule has 0 amide bonds. The van der Waals surface area contributed by atoms with Gasteiger partial charge in [-0.1, -0.05) is 18.2 Å². The maximum Gasteiger partial charge on any atom is 0.194 e. The Bertz CT molecular complexity index is 1890. The van der Waals surface area contributed by atoms with E-state index in [2.05, 4.69) is 20.3 Å². The number of benzene rings is 2. The number of halogens is 1. The molecule has 0 saturated heterocycles. The highest BCUT2D eigenvalue weighted by molar-refractivity contribution is 5.87. The van der Waals surface area contributed by atoms with Crippen LogP contribution in [0.4, 0.5) is 10.2 Å². The summed E-state index contributed by atoms with van der Waals surface area (Å²) in [6.07, 6.45) is 4.88. The van der Waals surface area contributed by atoms with E-state index in [1.165, 1.54) is 24.5 Å². The molecule has 4 heterocycles. The van der Waals surface area contributed by atoms with Crippen LogP contribution in [0.15, 0.2) is 96.3 Å². The molecule has 4 aromatic heterocycles. The van der Waals surface area contributed by atoms with Gasteiger partial charge in [0, 0.05) is 42.0 Å². The van der Waals surface area contributed by atoms with E-state index in [0.29, 0.717) is 40.3 Å². The van der Waals surface area contributed by atoms with E-state index in [-0.39, 0.29) is 17.3 Å². The molecular weight excluding hydrogens is 507 g/mol. The van der Waals surface area contributed by atoms with E-state index in [0.717, 1.165) is 22.3 Å². The Balaban J connectivity index is 1.41. The number of nitrogens with one attached hydrogen (secondary N) is 1. The Kier molecular flexibility index (Phi) is 6.61. The number of methoxy groups -OCH3 is 1. The van der Waals surface area contributed by atoms with E-state index >= 15 is 0 Å². The van der Waals surface area contributed by atoms with E-state index < -0.39 is 0 Å². The first-order valence-electron chi connectivity index (χ1n) is 12.8. The number of aromatic nitrogens is 5. The van der Waals surface area contributed by atoms with Crippen molar-refractivity contribution in [3.63, 3.8) is 0 Å². The summed E-state index contributed by atoms with van der Waals surface area (Å²) in [7, 11) is 1.63. The Morgan fingerprint density at radius 1 is 1.00 bits per heavy atom. The number of hydrogen-bond acceptors (Lipinski definition) is 7. The van der Waals surface area contributed by atoms with Crippen molar-refractivity contribution in [3.05, 3.63) is 119 Å². The molecule has 198 valence electrons. The minimum Gasteiger partial charge on any atom is -0.497 e. The fourth-order valence-corrected chi connectivity index (χ4v) is 4.77. The Morgan fingerprint density at radius 2 is 1.85 bits per heavy atom. The lowest BCUT2D eigenvalue weighted by Crippen LogP contribution is -2.16. The molecule has 6 rings (SSSR count). The van der Waals surface area contributed by atoms with Crippen LogP contribution in [0.25, 0.3) is 33.3 Å². The van der Waals surface area contributed by atoms with Gasteiger partial charge < -0.3 is 14.6 Å². The average Bonchev–Trinajstić information content (AvgIpc) is 2.98. The Hall–Kier alpha value is -5.18. The van der Waals surface area contributed by atoms with Crippen LogP contribution in [-0.2, 0) is 6.54 Å². The number of anilines is 1. The number of fused-ring (bicyclic) bond motifs is 2. The predicted octanol–water partition coefficient (Wildman–Crippen LogP) is 5.77. The summed E-state index contributed by atoms with van der Waals surface area (Å²) in [5.74, 6) is 0.830. The summed E-state index contributed by atoms with van der Waals surface area (Å²) < 4.78 is 21.2. The minimum absolute atomic E-state index is 0.187. The second-order valence-corrected chi connectivity index (χ2v) is 9.42. The van der Waals surface area contributed by atoms with E-state index in [9.17, 15) is 9.18 Å². The van der Waals surface area contributed by atoms with Gasteiger partial charge in [-0.3, -0.25) is 9.78 Å². The molecule has 6 aromatic rings. The van der Waals surface area contributed by atoms with Crippen LogP contribution >= 0.6 is 0 Å². The number of pyridine rings is 3. The average molecular weight is 533 g/mol. The van der Waals surface area contributed by atoms with Crippen LogP contribution in [0.5, 0.6) is 5.75 Å². The zero-order valence-corrected chi connectivity index (χ0v) is 21.9. The zero-order chi connectivity index (χ0) is 27.6. The highest BCUT2D eigenvalue weighted by Crippen LogP contribution is 2.31. The highest BCUT2D eigenvalue weighted by atomic mass is 19.1. The number of hydrogen-bond donors (Lipinski definition) is 1. The van der Waals surface area contributed by atoms with Gasteiger partial charge in [0.25, 0.3) is 0 Å². The Labute approximate surface area is 229 Å². The quantitative estimate of drug-likeness (QED) is 0.279. The molecule has 1 atom stereocenters. The molecule has 0 aliphatic rings. The third kappa shape index (κ3) is 4.84. The molecule has 0 bridgehead atoms. The largest absolute Gasteiger partial charge is 0.497 e. The van der Waals surface area contributed by atoms with Crippen LogP contribution < -0.4 is 15.5 Å². The van der Waals surface area contributed by atoms with Gasteiger partial charge in [0.05, 0.1) is 30.1 Å². The molecule has 0 aliphatic heterocycles. The molecule has 9 heteroatoms. The molecule has 2 aromatic carbocycles. The molecule has 0 saturated carbocycles. The second kappa shape index (κ2) is 10.5. The second-order valence-electron chi connectivity index (χ2n) is 9.42. The monoisotopic (exact) mass is 532 g/mol. The van der Waals surface area contributed by atoms with Crippen molar-refractivity contribution in [2.45, 2.75) is 19.5 Å². The van der Waals surface area contributed by atoms with Gasteiger partial charge in [-0.05, 0) is 55.0 Å². The SMILES string of the molecule is COc1ccc(Cn2ccc(=O)c3c(NC(C)c4cc5ccc(F)cc5nc4-c4ccccn4)ncnc32)cc1. The topological polar surface area (TPSA) is 94.8 Å². The Morgan fingerprint density at radius 3 is 2.62 bits per heavy atom. The molecule has 1 N–H and O–H groups in total. The van der Waals surface area contributed by atoms with Crippen molar-refractivity contribution in [1.29, 1.82) is 0 Å². The molecule has 0 radical (unpaired) electrons. The van der Waals surface area contributed by atoms with Crippen molar-refractivity contribution in [3.8, 4) is 17.1 Å². The van der Waals surface area contributed by atoms with E-state index in [1.807, 2.05) is 60.0 Å². The highest BCUT2D eigenvalue weighted by Gasteiger charge is 2.19. The summed E-state index contributed by atoms with van der Waals surface area (Å²) >= 11 is 0. The van der Waals surface area contributed by atoms with Crippen LogP contribution in [0.2, 0.25) is 0 Å². The maximum atomic E-state index is 14.0. The first-order chi connectivity index (χ1) is 19.5. The molecule has 0 aliphatic carbocycles. The van der Waals surface area contributed by atoms with Gasteiger partial charge in [-0.25, -0.2) is 19.3 Å². The third-order valence-corrected chi connectivity index (χ3v) is 6.80. The fourth-order valence-electron chi connectivity index (χ4n) is 4.77. The summed E-state index contributed by atoms with van der Waals surface area (Å²) in [4.78, 5) is 31.2. The van der Waals surface area contributed by atoms with Crippen molar-refractivity contribution >= 4 is 27.8 Å². The molecule has 0 spiro atoms. The summed E-state index contributed by atoms with van der Waals surface area (Å²) in [5, 5.41) is 4.59. The third-order valence-electron chi connectivity index (χ3n) is 6.80. The number of rotatable bonds is 7. The first-order valence-corrected chi connectivity index (χ1v) is 12.8. The molecule has 40 heavy (non-hydrogen) atoms. The standard InChI is InChI=1S/C31H25FN6O2/c1-19(24-15-21-8-9-22(32)16-26(21)37-29(24)25-5-3-4-13-33-25)36-30-28-27(39)12-14-38(31(28)35-18-34-30)17-20-6-10-23(40-2)11-7-20/h3-16,18-19H,17H2,1-2H3,(H,34,35,36). The first kappa shape index (κ1) is 25.1. The fraction of sp³-hybridized carbons (Fsp3) is 0.129. The zero-order valence-electron chi connectivity index (χ0n) is 21.9. The lowest BCUT2D eigenvalue weighted by atomic mass is 10.0. The number of nitrogens with zero attached hydrogens (tertiary/aromatic N) is 5. The van der Waals surface area contributed by atoms with E-state index in [1.54, 1.807) is 25.6 Å². The lowest BCUT2D eigenvalue weighted by molar-refractivity contribution is 0.414. The molecular formula is C31H25FN6O2. The van der Waals surface area contributed by atoms with Gasteiger partial charge in [0.2, 0.25) is 0 Å². The molecule has 1 unspecified atom stereocenters. The molecule has 0 fully saturated rings. The van der Waals surface area contributed by atoms with Gasteiger partial charge >= 0.3 is 0 Å². The van der Waals surface area contributed by atoms with Crippen LogP contribution in [0.3, 0.4) is 0 Å². The minimum atomic E-state index is -0.357. The summed E-state index contributed by atoms with van der Waals surface area (Å²) in [6.45, 7) is 2.48. The summed E-state index contributed by atoms with van der Waals surface area (Å²) in [5.41, 5.74) is 4.01. The van der Waals surface area contributed by atoms with Crippen LogP contribution in [0.1, 0.15) is 24.1 Å². The van der Waals surface area contributed by atoms with Crippen molar-refractivity contribution < 1.29 is 9.13 Å². The molecule has 8 nitrogen and oxygen atoms in total. The van der Waals surface area contributed by atoms with Gasteiger partial charge in [0.1, 0.15) is 34.7 Å². The van der Waals surface area contributed by atoms with E-state index in [4.69, 9.17) is 9.72 Å². The maximum absolute atomic E-state index is 14.0. The smallest absolute Gasteiger partial charge is 0.194 e. The van der Waals surface area contributed by atoms with Crippen molar-refractivity contribution in [2.24, 2.45) is 0 Å². The van der Waals surface area contributed by atoms with Gasteiger partial charge in [-0.2, -0.15) is 0 Å². The van der Waals surface area contributed by atoms with Crippen molar-refractivity contribution in [1.82, 2.24) is 24.5 Å². The predicted molar refractivity (Wildman–Crippen MR) is 153 cm³/mol.